The Labute approximate surface area is 94.5 Å². The van der Waals surface area contributed by atoms with Gasteiger partial charge in [0.05, 0.1) is 0 Å². The van der Waals surface area contributed by atoms with Crippen molar-refractivity contribution in [2.24, 2.45) is 11.8 Å². The zero-order valence-electron chi connectivity index (χ0n) is 10.0. The Hall–Kier alpha value is -0.520. The van der Waals surface area contributed by atoms with Crippen molar-refractivity contribution < 1.29 is 0 Å². The molecule has 0 amide bonds. The van der Waals surface area contributed by atoms with Crippen molar-refractivity contribution in [2.75, 3.05) is 0 Å². The molecule has 2 aliphatic carbocycles. The number of hydrogen-bond acceptors (Lipinski definition) is 0. The molecule has 0 spiro atoms. The molecule has 0 radical (unpaired) electrons. The highest BCUT2D eigenvalue weighted by atomic mass is 14.3. The van der Waals surface area contributed by atoms with Crippen LogP contribution < -0.4 is 0 Å². The van der Waals surface area contributed by atoms with Gasteiger partial charge in [0.1, 0.15) is 0 Å². The van der Waals surface area contributed by atoms with E-state index in [-0.39, 0.29) is 0 Å². The predicted octanol–water partition coefficient (Wildman–Crippen LogP) is 4.87. The molecule has 2 unspecified atom stereocenters. The average Bonchev–Trinajstić information content (AvgIpc) is 2.66. The van der Waals surface area contributed by atoms with Gasteiger partial charge in [0, 0.05) is 0 Å². The molecule has 2 atom stereocenters. The summed E-state index contributed by atoms with van der Waals surface area (Å²) < 4.78 is 0. The first-order chi connectivity index (χ1) is 7.42. The van der Waals surface area contributed by atoms with E-state index in [4.69, 9.17) is 0 Å². The van der Waals surface area contributed by atoms with Gasteiger partial charge in [-0.25, -0.2) is 0 Å². The Balaban J connectivity index is 2.10. The minimum Gasteiger partial charge on any atom is -0.0845 e. The number of fused-ring (bicyclic) bond motifs is 1. The van der Waals surface area contributed by atoms with Gasteiger partial charge >= 0.3 is 0 Å². The fourth-order valence-corrected chi connectivity index (χ4v) is 3.20. The molecule has 2 aliphatic rings. The summed E-state index contributed by atoms with van der Waals surface area (Å²) in [5, 5.41) is 0. The van der Waals surface area contributed by atoms with Crippen LogP contribution in [-0.2, 0) is 0 Å². The Bertz CT molecular complexity index is 247. The minimum absolute atomic E-state index is 0.902. The second-order valence-corrected chi connectivity index (χ2v) is 5.11. The molecule has 0 bridgehead atoms. The van der Waals surface area contributed by atoms with E-state index in [9.17, 15) is 0 Å². The number of allylic oxidation sites excluding steroid dienone is 4. The highest BCUT2D eigenvalue weighted by Crippen LogP contribution is 2.41. The Morgan fingerprint density at radius 1 is 1.13 bits per heavy atom. The first-order valence-corrected chi connectivity index (χ1v) is 6.78. The second kappa shape index (κ2) is 5.53. The number of rotatable bonds is 1. The van der Waals surface area contributed by atoms with Crippen LogP contribution >= 0.6 is 0 Å². The molecule has 0 heterocycles. The van der Waals surface area contributed by atoms with Gasteiger partial charge in [-0.15, -0.1) is 0 Å². The van der Waals surface area contributed by atoms with Gasteiger partial charge in [0.15, 0.2) is 0 Å². The summed E-state index contributed by atoms with van der Waals surface area (Å²) in [5.74, 6) is 1.83. The Morgan fingerprint density at radius 2 is 2.07 bits per heavy atom. The summed E-state index contributed by atoms with van der Waals surface area (Å²) in [6.45, 7) is 2.34. The van der Waals surface area contributed by atoms with Gasteiger partial charge in [0.25, 0.3) is 0 Å². The lowest BCUT2D eigenvalue weighted by Gasteiger charge is -2.16. The van der Waals surface area contributed by atoms with Crippen LogP contribution in [0.1, 0.15) is 58.3 Å². The fourth-order valence-electron chi connectivity index (χ4n) is 3.20. The molecule has 0 aliphatic heterocycles. The summed E-state index contributed by atoms with van der Waals surface area (Å²) >= 11 is 0. The molecule has 0 saturated heterocycles. The van der Waals surface area contributed by atoms with Crippen LogP contribution in [0, 0.1) is 11.8 Å². The van der Waals surface area contributed by atoms with E-state index in [1.807, 2.05) is 0 Å². The lowest BCUT2D eigenvalue weighted by molar-refractivity contribution is 0.520. The van der Waals surface area contributed by atoms with Gasteiger partial charge in [-0.3, -0.25) is 0 Å². The van der Waals surface area contributed by atoms with Gasteiger partial charge < -0.3 is 0 Å². The summed E-state index contributed by atoms with van der Waals surface area (Å²) in [6.07, 6.45) is 18.4. The van der Waals surface area contributed by atoms with Gasteiger partial charge in [0.2, 0.25) is 0 Å². The zero-order chi connectivity index (χ0) is 10.5. The Morgan fingerprint density at radius 3 is 2.93 bits per heavy atom. The molecule has 0 N–H and O–H groups in total. The van der Waals surface area contributed by atoms with Crippen molar-refractivity contribution >= 4 is 0 Å². The topological polar surface area (TPSA) is 0 Å². The monoisotopic (exact) mass is 204 g/mol. The van der Waals surface area contributed by atoms with Crippen LogP contribution in [0.25, 0.3) is 0 Å². The summed E-state index contributed by atoms with van der Waals surface area (Å²) in [4.78, 5) is 0. The average molecular weight is 204 g/mol. The van der Waals surface area contributed by atoms with Crippen LogP contribution in [0.3, 0.4) is 0 Å². The fraction of sp³-hybridized carbons (Fsp3) is 0.733. The number of hydrogen-bond donors (Lipinski definition) is 0. The molecule has 2 rings (SSSR count). The van der Waals surface area contributed by atoms with E-state index in [1.165, 1.54) is 51.4 Å². The molecule has 0 nitrogen and oxygen atoms in total. The molecule has 0 heteroatoms. The van der Waals surface area contributed by atoms with E-state index >= 15 is 0 Å². The van der Waals surface area contributed by atoms with Crippen molar-refractivity contribution in [3.05, 3.63) is 23.8 Å². The first kappa shape index (κ1) is 11.0. The summed E-state index contributed by atoms with van der Waals surface area (Å²) in [5.41, 5.74) is 1.77. The third-order valence-corrected chi connectivity index (χ3v) is 4.15. The Kier molecular flexibility index (Phi) is 4.05. The maximum absolute atomic E-state index is 2.44. The second-order valence-electron chi connectivity index (χ2n) is 5.11. The third-order valence-electron chi connectivity index (χ3n) is 4.15. The van der Waals surface area contributed by atoms with Crippen molar-refractivity contribution in [3.8, 4) is 0 Å². The zero-order valence-corrected chi connectivity index (χ0v) is 10.0. The van der Waals surface area contributed by atoms with Crippen LogP contribution in [0.15, 0.2) is 23.8 Å². The molecular formula is C15H24. The van der Waals surface area contributed by atoms with Crippen LogP contribution in [-0.4, -0.2) is 0 Å². The van der Waals surface area contributed by atoms with E-state index in [0.717, 1.165) is 11.8 Å². The molecule has 1 saturated carbocycles. The molecular weight excluding hydrogens is 180 g/mol. The quantitative estimate of drug-likeness (QED) is 0.571. The van der Waals surface area contributed by atoms with Crippen molar-refractivity contribution in [3.63, 3.8) is 0 Å². The standard InChI is InChI=1S/C15H24/c1-2-13-11-12-14-9-7-5-3-4-6-8-10-15(13)14/h6,8,10,13-14H,2-5,7,9,11-12H2,1H3/b8-6+,15-10?. The molecule has 0 aromatic heterocycles. The largest absolute Gasteiger partial charge is 0.0845 e. The van der Waals surface area contributed by atoms with Crippen LogP contribution in [0.5, 0.6) is 0 Å². The van der Waals surface area contributed by atoms with Gasteiger partial charge in [-0.1, -0.05) is 43.6 Å². The third kappa shape index (κ3) is 2.74. The van der Waals surface area contributed by atoms with Gasteiger partial charge in [-0.2, -0.15) is 0 Å². The smallest absolute Gasteiger partial charge is 0.0197 e. The maximum atomic E-state index is 2.44. The van der Waals surface area contributed by atoms with Crippen molar-refractivity contribution in [2.45, 2.75) is 58.3 Å². The predicted molar refractivity (Wildman–Crippen MR) is 66.8 cm³/mol. The molecule has 84 valence electrons. The maximum Gasteiger partial charge on any atom is -0.0197 e. The first-order valence-electron chi connectivity index (χ1n) is 6.78. The highest BCUT2D eigenvalue weighted by molar-refractivity contribution is 5.21. The van der Waals surface area contributed by atoms with E-state index in [1.54, 1.807) is 5.57 Å². The van der Waals surface area contributed by atoms with Crippen LogP contribution in [0.4, 0.5) is 0 Å². The molecule has 1 fully saturated rings. The molecule has 15 heavy (non-hydrogen) atoms. The SMILES string of the molecule is CCC1CCC2CCCCC/C=C/C=C12. The van der Waals surface area contributed by atoms with E-state index in [2.05, 4.69) is 25.2 Å². The van der Waals surface area contributed by atoms with Crippen molar-refractivity contribution in [1.82, 2.24) is 0 Å². The van der Waals surface area contributed by atoms with E-state index < -0.39 is 0 Å². The molecule has 0 aromatic rings. The highest BCUT2D eigenvalue weighted by Gasteiger charge is 2.27. The lowest BCUT2D eigenvalue weighted by Crippen LogP contribution is -2.02. The molecule has 0 aromatic carbocycles. The summed E-state index contributed by atoms with van der Waals surface area (Å²) in [6, 6.07) is 0. The normalized spacial score (nSPS) is 34.3. The minimum atomic E-state index is 0.902. The van der Waals surface area contributed by atoms with Gasteiger partial charge in [-0.05, 0) is 50.4 Å². The summed E-state index contributed by atoms with van der Waals surface area (Å²) in [7, 11) is 0. The van der Waals surface area contributed by atoms with Crippen LogP contribution in [0.2, 0.25) is 0 Å². The van der Waals surface area contributed by atoms with Crippen molar-refractivity contribution in [1.29, 1.82) is 0 Å². The lowest BCUT2D eigenvalue weighted by atomic mass is 9.90. The van der Waals surface area contributed by atoms with E-state index in [0.29, 0.717) is 0 Å².